The van der Waals surface area contributed by atoms with Crippen molar-refractivity contribution in [3.63, 3.8) is 0 Å². The van der Waals surface area contributed by atoms with Crippen LogP contribution in [0.3, 0.4) is 0 Å². The van der Waals surface area contributed by atoms with E-state index < -0.39 is 10.0 Å². The van der Waals surface area contributed by atoms with Crippen molar-refractivity contribution in [2.24, 2.45) is 0 Å². The van der Waals surface area contributed by atoms with Gasteiger partial charge < -0.3 is 10.5 Å². The van der Waals surface area contributed by atoms with Crippen LogP contribution in [0.1, 0.15) is 26.3 Å². The number of anilines is 1. The van der Waals surface area contributed by atoms with Crippen LogP contribution in [0.25, 0.3) is 0 Å². The molecule has 0 aliphatic heterocycles. The van der Waals surface area contributed by atoms with E-state index in [-0.39, 0.29) is 16.1 Å². The van der Waals surface area contributed by atoms with Gasteiger partial charge >= 0.3 is 0 Å². The van der Waals surface area contributed by atoms with Crippen molar-refractivity contribution >= 4 is 15.7 Å². The highest BCUT2D eigenvalue weighted by Crippen LogP contribution is 2.35. The first-order chi connectivity index (χ1) is 8.13. The van der Waals surface area contributed by atoms with Gasteiger partial charge in [-0.2, -0.15) is 0 Å². The summed E-state index contributed by atoms with van der Waals surface area (Å²) in [5.74, 6) is 0.178. The first-order valence-electron chi connectivity index (χ1n) is 5.55. The van der Waals surface area contributed by atoms with Crippen molar-refractivity contribution in [1.29, 1.82) is 0 Å². The molecule has 0 atom stereocenters. The van der Waals surface area contributed by atoms with E-state index in [1.165, 1.54) is 14.2 Å². The van der Waals surface area contributed by atoms with Crippen molar-refractivity contribution in [3.05, 3.63) is 17.7 Å². The average Bonchev–Trinajstić information content (AvgIpc) is 2.26. The number of nitrogen functional groups attached to an aromatic ring is 1. The zero-order valence-corrected chi connectivity index (χ0v) is 12.2. The van der Waals surface area contributed by atoms with Crippen LogP contribution in [-0.2, 0) is 15.4 Å². The van der Waals surface area contributed by atoms with Gasteiger partial charge in [-0.15, -0.1) is 0 Å². The molecule has 0 aliphatic rings. The van der Waals surface area contributed by atoms with Gasteiger partial charge in [0.1, 0.15) is 4.90 Å². The Labute approximate surface area is 108 Å². The fourth-order valence-electron chi connectivity index (χ4n) is 1.58. The second kappa shape index (κ2) is 4.78. The van der Waals surface area contributed by atoms with E-state index in [2.05, 4.69) is 4.72 Å². The Morgan fingerprint density at radius 3 is 2.22 bits per heavy atom. The minimum atomic E-state index is -3.60. The standard InChI is InChI=1S/C12H20N2O3S/c1-12(2,3)8-6-9(13)11(17-5)10(7-8)18(15,16)14-4/h6-7,14H,13H2,1-5H3. The Balaban J connectivity index is 3.63. The van der Waals surface area contributed by atoms with E-state index in [1.54, 1.807) is 12.1 Å². The summed E-state index contributed by atoms with van der Waals surface area (Å²) in [5, 5.41) is 0. The van der Waals surface area contributed by atoms with E-state index in [4.69, 9.17) is 10.5 Å². The fraction of sp³-hybridized carbons (Fsp3) is 0.500. The van der Waals surface area contributed by atoms with E-state index in [0.717, 1.165) is 5.56 Å². The Bertz CT molecular complexity index is 545. The molecule has 0 aliphatic carbocycles. The molecule has 0 aromatic heterocycles. The maximum atomic E-state index is 12.0. The summed E-state index contributed by atoms with van der Waals surface area (Å²) >= 11 is 0. The van der Waals surface area contributed by atoms with Crippen molar-refractivity contribution in [2.45, 2.75) is 31.1 Å². The molecule has 3 N–H and O–H groups in total. The summed E-state index contributed by atoms with van der Waals surface area (Å²) < 4.78 is 31.3. The van der Waals surface area contributed by atoms with Gasteiger partial charge in [0.25, 0.3) is 0 Å². The normalized spacial score (nSPS) is 12.5. The van der Waals surface area contributed by atoms with Gasteiger partial charge in [0.05, 0.1) is 12.8 Å². The van der Waals surface area contributed by atoms with Gasteiger partial charge in [0.15, 0.2) is 5.75 Å². The molecule has 0 fully saturated rings. The monoisotopic (exact) mass is 272 g/mol. The molecular formula is C12H20N2O3S. The second-order valence-corrected chi connectivity index (χ2v) is 6.91. The van der Waals surface area contributed by atoms with Crippen LogP contribution >= 0.6 is 0 Å². The number of nitrogens with one attached hydrogen (secondary N) is 1. The Morgan fingerprint density at radius 2 is 1.83 bits per heavy atom. The minimum absolute atomic E-state index is 0.0671. The van der Waals surface area contributed by atoms with Crippen LogP contribution < -0.4 is 15.2 Å². The average molecular weight is 272 g/mol. The summed E-state index contributed by atoms with van der Waals surface area (Å²) in [6, 6.07) is 3.34. The second-order valence-electron chi connectivity index (χ2n) is 5.05. The zero-order valence-electron chi connectivity index (χ0n) is 11.4. The van der Waals surface area contributed by atoms with E-state index in [0.29, 0.717) is 5.69 Å². The van der Waals surface area contributed by atoms with Crippen molar-refractivity contribution < 1.29 is 13.2 Å². The third-order valence-electron chi connectivity index (χ3n) is 2.71. The topological polar surface area (TPSA) is 81.4 Å². The summed E-state index contributed by atoms with van der Waals surface area (Å²) in [5.41, 5.74) is 6.83. The van der Waals surface area contributed by atoms with Gasteiger partial charge in [0, 0.05) is 0 Å². The molecular weight excluding hydrogens is 252 g/mol. The first kappa shape index (κ1) is 14.8. The molecule has 1 aromatic carbocycles. The number of benzene rings is 1. The molecule has 0 saturated carbocycles. The zero-order chi connectivity index (χ0) is 14.1. The maximum absolute atomic E-state index is 12.0. The van der Waals surface area contributed by atoms with Gasteiger partial charge in [0.2, 0.25) is 10.0 Å². The highest BCUT2D eigenvalue weighted by atomic mass is 32.2. The third-order valence-corrected chi connectivity index (χ3v) is 4.13. The van der Waals surface area contributed by atoms with Gasteiger partial charge in [-0.3, -0.25) is 0 Å². The highest BCUT2D eigenvalue weighted by molar-refractivity contribution is 7.89. The number of hydrogen-bond donors (Lipinski definition) is 2. The van der Waals surface area contributed by atoms with Crippen molar-refractivity contribution in [2.75, 3.05) is 19.9 Å². The highest BCUT2D eigenvalue weighted by Gasteiger charge is 2.24. The lowest BCUT2D eigenvalue weighted by Crippen LogP contribution is -2.21. The molecule has 6 heteroatoms. The molecule has 102 valence electrons. The summed E-state index contributed by atoms with van der Waals surface area (Å²) in [6.45, 7) is 5.97. The van der Waals surface area contributed by atoms with Crippen LogP contribution in [0.15, 0.2) is 17.0 Å². The van der Waals surface area contributed by atoms with Crippen LogP contribution in [0.2, 0.25) is 0 Å². The number of sulfonamides is 1. The molecule has 18 heavy (non-hydrogen) atoms. The lowest BCUT2D eigenvalue weighted by Gasteiger charge is -2.22. The van der Waals surface area contributed by atoms with Gasteiger partial charge in [-0.05, 0) is 30.2 Å². The van der Waals surface area contributed by atoms with Crippen LogP contribution in [0.5, 0.6) is 5.75 Å². The van der Waals surface area contributed by atoms with Crippen molar-refractivity contribution in [1.82, 2.24) is 4.72 Å². The predicted octanol–water partition coefficient (Wildman–Crippen LogP) is 1.48. The van der Waals surface area contributed by atoms with Crippen molar-refractivity contribution in [3.8, 4) is 5.75 Å². The molecule has 0 saturated heterocycles. The van der Waals surface area contributed by atoms with Gasteiger partial charge in [-0.25, -0.2) is 13.1 Å². The van der Waals surface area contributed by atoms with E-state index in [1.807, 2.05) is 20.8 Å². The van der Waals surface area contributed by atoms with E-state index in [9.17, 15) is 8.42 Å². The lowest BCUT2D eigenvalue weighted by molar-refractivity contribution is 0.404. The quantitative estimate of drug-likeness (QED) is 0.817. The largest absolute Gasteiger partial charge is 0.493 e. The van der Waals surface area contributed by atoms with Gasteiger partial charge in [-0.1, -0.05) is 20.8 Å². The smallest absolute Gasteiger partial charge is 0.244 e. The van der Waals surface area contributed by atoms with Crippen LogP contribution in [0.4, 0.5) is 5.69 Å². The molecule has 0 bridgehead atoms. The Kier molecular flexibility index (Phi) is 3.92. The third kappa shape index (κ3) is 2.76. The number of hydrogen-bond acceptors (Lipinski definition) is 4. The lowest BCUT2D eigenvalue weighted by atomic mass is 9.87. The predicted molar refractivity (Wildman–Crippen MR) is 72.4 cm³/mol. The summed E-state index contributed by atoms with van der Waals surface area (Å²) in [7, 11) is -0.845. The molecule has 0 radical (unpaired) electrons. The number of nitrogens with two attached hydrogens (primary N) is 1. The summed E-state index contributed by atoms with van der Waals surface area (Å²) in [4.78, 5) is 0.0671. The molecule has 0 unspecified atom stereocenters. The number of ether oxygens (including phenoxy) is 1. The number of methoxy groups -OCH3 is 1. The van der Waals surface area contributed by atoms with E-state index >= 15 is 0 Å². The van der Waals surface area contributed by atoms with Crippen LogP contribution in [0, 0.1) is 0 Å². The molecule has 0 spiro atoms. The number of rotatable bonds is 3. The first-order valence-corrected chi connectivity index (χ1v) is 7.03. The van der Waals surface area contributed by atoms with Crippen LogP contribution in [-0.4, -0.2) is 22.6 Å². The molecule has 1 rings (SSSR count). The SMILES string of the molecule is CNS(=O)(=O)c1cc(C(C)(C)C)cc(N)c1OC. The molecule has 0 heterocycles. The summed E-state index contributed by atoms with van der Waals surface area (Å²) in [6.07, 6.45) is 0. The Hall–Kier alpha value is -1.27. The molecule has 1 aromatic rings. The Morgan fingerprint density at radius 1 is 1.28 bits per heavy atom. The maximum Gasteiger partial charge on any atom is 0.244 e. The molecule has 0 amide bonds. The fourth-order valence-corrected chi connectivity index (χ4v) is 2.53. The minimum Gasteiger partial charge on any atom is -0.493 e. The molecule has 5 nitrogen and oxygen atoms in total.